The summed E-state index contributed by atoms with van der Waals surface area (Å²) in [5.74, 6) is -2.79. The number of aromatic hydroxyl groups is 1. The van der Waals surface area contributed by atoms with Gasteiger partial charge in [-0.05, 0) is 36.4 Å². The lowest BCUT2D eigenvalue weighted by Crippen LogP contribution is -2.30. The normalized spacial score (nSPS) is 11.1. The molecule has 1 amide bonds. The zero-order chi connectivity index (χ0) is 15.6. The number of sulfonamides is 1. The van der Waals surface area contributed by atoms with Crippen LogP contribution in [-0.4, -0.2) is 19.4 Å². The van der Waals surface area contributed by atoms with Crippen LogP contribution in [0.5, 0.6) is 11.5 Å². The first-order valence-corrected chi connectivity index (χ1v) is 7.10. The number of benzene rings is 2. The van der Waals surface area contributed by atoms with Crippen LogP contribution in [0.15, 0.2) is 47.4 Å². The number of carbonyl (C=O) groups is 1. The highest BCUT2D eigenvalue weighted by atomic mass is 32.2. The third-order valence-corrected chi connectivity index (χ3v) is 3.85. The van der Waals surface area contributed by atoms with Gasteiger partial charge in [0.25, 0.3) is 15.9 Å². The maximum atomic E-state index is 12.7. The maximum absolute atomic E-state index is 12.7. The molecule has 0 saturated carbocycles. The fourth-order valence-corrected chi connectivity index (χ4v) is 2.54. The molecule has 0 aliphatic heterocycles. The van der Waals surface area contributed by atoms with Crippen LogP contribution in [0.25, 0.3) is 0 Å². The molecule has 0 aromatic heterocycles. The smallest absolute Gasteiger partial charge is 0.265 e. The van der Waals surface area contributed by atoms with Crippen LogP contribution >= 0.6 is 0 Å². The fourth-order valence-electron chi connectivity index (χ4n) is 1.57. The molecular formula is C13H9FNO5S-. The summed E-state index contributed by atoms with van der Waals surface area (Å²) >= 11 is 0. The van der Waals surface area contributed by atoms with Crippen molar-refractivity contribution < 1.29 is 27.8 Å². The number of hydrogen-bond donors (Lipinski definition) is 2. The summed E-state index contributed by atoms with van der Waals surface area (Å²) in [5, 5.41) is 20.4. The van der Waals surface area contributed by atoms with Gasteiger partial charge in [0.1, 0.15) is 11.6 Å². The van der Waals surface area contributed by atoms with Gasteiger partial charge in [0.05, 0.1) is 4.90 Å². The van der Waals surface area contributed by atoms with E-state index in [1.165, 1.54) is 0 Å². The standard InChI is InChI=1S/C13H10FNO5S/c14-9-1-3-12(4-2-9)21(19,20)15-13(18)8-5-10(16)7-11(17)6-8/h1-7,16-17H,(H,15,18)/p-1. The van der Waals surface area contributed by atoms with Gasteiger partial charge in [-0.1, -0.05) is 6.07 Å². The Balaban J connectivity index is 2.27. The summed E-state index contributed by atoms with van der Waals surface area (Å²) in [6.45, 7) is 0. The lowest BCUT2D eigenvalue weighted by molar-refractivity contribution is -0.268. The highest BCUT2D eigenvalue weighted by molar-refractivity contribution is 7.90. The number of halogens is 1. The summed E-state index contributed by atoms with van der Waals surface area (Å²) in [6.07, 6.45) is 0. The molecule has 0 radical (unpaired) electrons. The predicted octanol–water partition coefficient (Wildman–Crippen LogP) is 0.724. The minimum absolute atomic E-state index is 0.300. The van der Waals surface area contributed by atoms with Gasteiger partial charge >= 0.3 is 0 Å². The van der Waals surface area contributed by atoms with Crippen molar-refractivity contribution in [1.29, 1.82) is 0 Å². The van der Waals surface area contributed by atoms with E-state index in [0.29, 0.717) is 0 Å². The van der Waals surface area contributed by atoms with Gasteiger partial charge in [-0.15, -0.1) is 5.75 Å². The van der Waals surface area contributed by atoms with E-state index in [4.69, 9.17) is 0 Å². The molecule has 0 spiro atoms. The fraction of sp³-hybridized carbons (Fsp3) is 0. The van der Waals surface area contributed by atoms with Gasteiger partial charge in [0.2, 0.25) is 0 Å². The van der Waals surface area contributed by atoms with Crippen LogP contribution in [0.1, 0.15) is 10.4 Å². The Hall–Kier alpha value is -2.61. The number of amides is 1. The van der Waals surface area contributed by atoms with E-state index in [1.54, 1.807) is 4.72 Å². The Morgan fingerprint density at radius 1 is 1.14 bits per heavy atom. The molecule has 0 atom stereocenters. The molecule has 0 aliphatic rings. The van der Waals surface area contributed by atoms with Crippen molar-refractivity contribution in [1.82, 2.24) is 4.72 Å². The zero-order valence-electron chi connectivity index (χ0n) is 10.4. The average Bonchev–Trinajstić information content (AvgIpc) is 2.37. The molecule has 8 heteroatoms. The van der Waals surface area contributed by atoms with Crippen LogP contribution in [0.3, 0.4) is 0 Å². The van der Waals surface area contributed by atoms with E-state index in [9.17, 15) is 27.8 Å². The Bertz CT molecular complexity index is 766. The zero-order valence-corrected chi connectivity index (χ0v) is 11.2. The molecule has 0 fully saturated rings. The summed E-state index contributed by atoms with van der Waals surface area (Å²) in [7, 11) is -4.20. The summed E-state index contributed by atoms with van der Waals surface area (Å²) in [5.41, 5.74) is -0.300. The number of carbonyl (C=O) groups excluding carboxylic acids is 1. The summed E-state index contributed by atoms with van der Waals surface area (Å²) in [4.78, 5) is 11.5. The number of nitrogens with one attached hydrogen (secondary N) is 1. The number of hydrogen-bond acceptors (Lipinski definition) is 5. The van der Waals surface area contributed by atoms with E-state index < -0.39 is 33.2 Å². The minimum atomic E-state index is -4.20. The van der Waals surface area contributed by atoms with E-state index in [2.05, 4.69) is 0 Å². The third kappa shape index (κ3) is 3.48. The van der Waals surface area contributed by atoms with E-state index in [1.807, 2.05) is 0 Å². The first-order chi connectivity index (χ1) is 9.78. The van der Waals surface area contributed by atoms with Crippen molar-refractivity contribution >= 4 is 15.9 Å². The van der Waals surface area contributed by atoms with Crippen molar-refractivity contribution in [2.45, 2.75) is 4.90 Å². The first kappa shape index (κ1) is 14.8. The monoisotopic (exact) mass is 310 g/mol. The van der Waals surface area contributed by atoms with Gasteiger partial charge in [-0.3, -0.25) is 4.79 Å². The molecule has 110 valence electrons. The molecule has 2 rings (SSSR count). The Labute approximate surface area is 119 Å². The van der Waals surface area contributed by atoms with Gasteiger partial charge in [-0.25, -0.2) is 17.5 Å². The molecule has 21 heavy (non-hydrogen) atoms. The second-order valence-corrected chi connectivity index (χ2v) is 5.79. The van der Waals surface area contributed by atoms with Crippen LogP contribution < -0.4 is 9.83 Å². The van der Waals surface area contributed by atoms with Gasteiger partial charge < -0.3 is 10.2 Å². The minimum Gasteiger partial charge on any atom is -0.872 e. The highest BCUT2D eigenvalue weighted by Crippen LogP contribution is 2.19. The third-order valence-electron chi connectivity index (χ3n) is 2.50. The Morgan fingerprint density at radius 3 is 2.33 bits per heavy atom. The molecule has 2 aromatic rings. The van der Waals surface area contributed by atoms with Crippen molar-refractivity contribution in [3.63, 3.8) is 0 Å². The Morgan fingerprint density at radius 2 is 1.76 bits per heavy atom. The second kappa shape index (κ2) is 5.41. The largest absolute Gasteiger partial charge is 0.872 e. The van der Waals surface area contributed by atoms with Crippen LogP contribution in [0.4, 0.5) is 4.39 Å². The second-order valence-electron chi connectivity index (χ2n) is 4.10. The molecule has 2 aromatic carbocycles. The molecule has 0 bridgehead atoms. The van der Waals surface area contributed by atoms with Crippen molar-refractivity contribution in [3.8, 4) is 11.5 Å². The molecule has 0 unspecified atom stereocenters. The SMILES string of the molecule is O=C(NS(=O)(=O)c1ccc(F)cc1)c1cc([O-])cc(O)c1. The number of phenolic OH excluding ortho intramolecular Hbond substituents is 1. The number of rotatable bonds is 3. The van der Waals surface area contributed by atoms with Gasteiger partial charge in [0, 0.05) is 5.56 Å². The lowest BCUT2D eigenvalue weighted by atomic mass is 10.2. The highest BCUT2D eigenvalue weighted by Gasteiger charge is 2.19. The maximum Gasteiger partial charge on any atom is 0.265 e. The van der Waals surface area contributed by atoms with Crippen LogP contribution in [0.2, 0.25) is 0 Å². The quantitative estimate of drug-likeness (QED) is 0.869. The summed E-state index contributed by atoms with van der Waals surface area (Å²) in [6, 6.07) is 6.57. The molecule has 2 N–H and O–H groups in total. The van der Waals surface area contributed by atoms with Crippen LogP contribution in [0, 0.1) is 5.82 Å². The first-order valence-electron chi connectivity index (χ1n) is 5.62. The topological polar surface area (TPSA) is 107 Å². The molecule has 6 nitrogen and oxygen atoms in total. The predicted molar refractivity (Wildman–Crippen MR) is 68.6 cm³/mol. The molecule has 0 saturated heterocycles. The molecule has 0 heterocycles. The van der Waals surface area contributed by atoms with Crippen molar-refractivity contribution in [2.24, 2.45) is 0 Å². The molecular weight excluding hydrogens is 301 g/mol. The van der Waals surface area contributed by atoms with Crippen LogP contribution in [-0.2, 0) is 10.0 Å². The number of phenols is 1. The Kier molecular flexibility index (Phi) is 3.81. The van der Waals surface area contributed by atoms with Crippen molar-refractivity contribution in [3.05, 3.63) is 53.8 Å². The van der Waals surface area contributed by atoms with E-state index in [0.717, 1.165) is 42.5 Å². The lowest BCUT2D eigenvalue weighted by Gasteiger charge is -2.10. The van der Waals surface area contributed by atoms with Crippen molar-refractivity contribution in [2.75, 3.05) is 0 Å². The molecule has 0 aliphatic carbocycles. The van der Waals surface area contributed by atoms with E-state index in [-0.39, 0.29) is 10.5 Å². The van der Waals surface area contributed by atoms with E-state index >= 15 is 0 Å². The average molecular weight is 310 g/mol. The van der Waals surface area contributed by atoms with Gasteiger partial charge in [-0.2, -0.15) is 0 Å². The summed E-state index contributed by atoms with van der Waals surface area (Å²) < 4.78 is 38.3. The van der Waals surface area contributed by atoms with Gasteiger partial charge in [0.15, 0.2) is 0 Å².